The van der Waals surface area contributed by atoms with E-state index in [0.717, 1.165) is 6.54 Å². The van der Waals surface area contributed by atoms with Crippen molar-refractivity contribution >= 4 is 17.3 Å². The van der Waals surface area contributed by atoms with Gasteiger partial charge in [0.25, 0.3) is 0 Å². The van der Waals surface area contributed by atoms with Crippen molar-refractivity contribution in [2.75, 3.05) is 13.1 Å². The summed E-state index contributed by atoms with van der Waals surface area (Å²) in [4.78, 5) is 1.78. The number of likely N-dealkylation sites (N-methyl/N-ethyl adjacent to an activating group) is 1. The standard InChI is InChI=1S/C6H12N2OS/c1-3-5-8(4-2)6(10)7-9/h3,9H,1,4-5H2,2H3,(H,7,10). The zero-order valence-electron chi connectivity index (χ0n) is 6.00. The van der Waals surface area contributed by atoms with E-state index in [9.17, 15) is 0 Å². The lowest BCUT2D eigenvalue weighted by molar-refractivity contribution is 0.218. The topological polar surface area (TPSA) is 35.5 Å². The van der Waals surface area contributed by atoms with E-state index in [4.69, 9.17) is 17.4 Å². The lowest BCUT2D eigenvalue weighted by atomic mass is 10.5. The second-order valence-corrected chi connectivity index (χ2v) is 2.13. The highest BCUT2D eigenvalue weighted by molar-refractivity contribution is 7.80. The molecule has 0 radical (unpaired) electrons. The van der Waals surface area contributed by atoms with Gasteiger partial charge in [0.05, 0.1) is 0 Å². The van der Waals surface area contributed by atoms with Gasteiger partial charge in [-0.3, -0.25) is 5.21 Å². The SMILES string of the molecule is C=CCN(CC)C(=S)NO. The van der Waals surface area contributed by atoms with Gasteiger partial charge in [0.2, 0.25) is 0 Å². The van der Waals surface area contributed by atoms with E-state index in [1.807, 2.05) is 12.4 Å². The van der Waals surface area contributed by atoms with Gasteiger partial charge in [0.15, 0.2) is 5.11 Å². The summed E-state index contributed by atoms with van der Waals surface area (Å²) in [6, 6.07) is 0. The van der Waals surface area contributed by atoms with Crippen molar-refractivity contribution in [2.24, 2.45) is 0 Å². The maximum Gasteiger partial charge on any atom is 0.193 e. The third-order valence-corrected chi connectivity index (χ3v) is 1.46. The first-order chi connectivity index (χ1) is 4.76. The molecule has 2 N–H and O–H groups in total. The van der Waals surface area contributed by atoms with Gasteiger partial charge in [-0.15, -0.1) is 6.58 Å². The minimum atomic E-state index is 0.336. The molecule has 4 heteroatoms. The molecule has 0 spiro atoms. The van der Waals surface area contributed by atoms with Gasteiger partial charge in [0.1, 0.15) is 0 Å². The van der Waals surface area contributed by atoms with Crippen molar-refractivity contribution in [3.05, 3.63) is 12.7 Å². The molecule has 10 heavy (non-hydrogen) atoms. The summed E-state index contributed by atoms with van der Waals surface area (Å²) in [5.41, 5.74) is 1.91. The lowest BCUT2D eigenvalue weighted by Gasteiger charge is -2.19. The highest BCUT2D eigenvalue weighted by Crippen LogP contribution is 1.87. The number of nitrogens with one attached hydrogen (secondary N) is 1. The Balaban J connectivity index is 3.79. The smallest absolute Gasteiger partial charge is 0.193 e. The van der Waals surface area contributed by atoms with Crippen molar-refractivity contribution in [2.45, 2.75) is 6.92 Å². The predicted octanol–water partition coefficient (Wildman–Crippen LogP) is 0.758. The van der Waals surface area contributed by atoms with Crippen molar-refractivity contribution in [3.8, 4) is 0 Å². The number of rotatable bonds is 3. The second kappa shape index (κ2) is 5.20. The number of hydroxylamine groups is 1. The van der Waals surface area contributed by atoms with Crippen LogP contribution in [0.4, 0.5) is 0 Å². The van der Waals surface area contributed by atoms with E-state index in [2.05, 4.69) is 6.58 Å². The van der Waals surface area contributed by atoms with Crippen LogP contribution in [0.15, 0.2) is 12.7 Å². The minimum absolute atomic E-state index is 0.336. The first-order valence-corrected chi connectivity index (χ1v) is 3.47. The van der Waals surface area contributed by atoms with Gasteiger partial charge >= 0.3 is 0 Å². The van der Waals surface area contributed by atoms with Gasteiger partial charge in [-0.1, -0.05) is 6.08 Å². The number of hydrogen-bond donors (Lipinski definition) is 2. The third-order valence-electron chi connectivity index (χ3n) is 1.11. The molecular weight excluding hydrogens is 148 g/mol. The molecule has 0 saturated heterocycles. The van der Waals surface area contributed by atoms with E-state index in [1.165, 1.54) is 0 Å². The van der Waals surface area contributed by atoms with E-state index in [-0.39, 0.29) is 0 Å². The maximum absolute atomic E-state index is 8.40. The van der Waals surface area contributed by atoms with Crippen LogP contribution >= 0.6 is 12.2 Å². The molecule has 0 amide bonds. The summed E-state index contributed by atoms with van der Waals surface area (Å²) in [7, 11) is 0. The summed E-state index contributed by atoms with van der Waals surface area (Å²) < 4.78 is 0. The quantitative estimate of drug-likeness (QED) is 0.363. The van der Waals surface area contributed by atoms with Crippen LogP contribution in [-0.2, 0) is 0 Å². The Morgan fingerprint density at radius 3 is 2.80 bits per heavy atom. The van der Waals surface area contributed by atoms with Gasteiger partial charge in [-0.2, -0.15) is 0 Å². The van der Waals surface area contributed by atoms with Crippen LogP contribution < -0.4 is 5.48 Å². The van der Waals surface area contributed by atoms with Crippen LogP contribution in [0.5, 0.6) is 0 Å². The average molecular weight is 160 g/mol. The van der Waals surface area contributed by atoms with Crippen molar-refractivity contribution in [3.63, 3.8) is 0 Å². The third kappa shape index (κ3) is 2.80. The maximum atomic E-state index is 8.40. The predicted molar refractivity (Wildman–Crippen MR) is 45.0 cm³/mol. The van der Waals surface area contributed by atoms with E-state index in [0.29, 0.717) is 11.7 Å². The van der Waals surface area contributed by atoms with Crippen LogP contribution in [-0.4, -0.2) is 28.3 Å². The monoisotopic (exact) mass is 160 g/mol. The molecule has 0 aromatic rings. The molecule has 0 unspecified atom stereocenters. The minimum Gasteiger partial charge on any atom is -0.344 e. The fourth-order valence-corrected chi connectivity index (χ4v) is 0.786. The van der Waals surface area contributed by atoms with E-state index in [1.54, 1.807) is 11.0 Å². The van der Waals surface area contributed by atoms with Crippen LogP contribution in [0, 0.1) is 0 Å². The molecule has 0 bridgehead atoms. The van der Waals surface area contributed by atoms with Gasteiger partial charge in [-0.25, -0.2) is 5.48 Å². The van der Waals surface area contributed by atoms with Crippen LogP contribution in [0.2, 0.25) is 0 Å². The first-order valence-electron chi connectivity index (χ1n) is 3.06. The number of thiocarbonyl (C=S) groups is 1. The molecule has 0 aliphatic heterocycles. The molecule has 0 aromatic heterocycles. The van der Waals surface area contributed by atoms with Gasteiger partial charge in [-0.05, 0) is 19.1 Å². The van der Waals surface area contributed by atoms with Crippen LogP contribution in [0.3, 0.4) is 0 Å². The largest absolute Gasteiger partial charge is 0.344 e. The summed E-state index contributed by atoms with van der Waals surface area (Å²) in [5, 5.41) is 8.73. The van der Waals surface area contributed by atoms with Crippen LogP contribution in [0.1, 0.15) is 6.92 Å². The lowest BCUT2D eigenvalue weighted by Crippen LogP contribution is -2.37. The Morgan fingerprint density at radius 1 is 1.90 bits per heavy atom. The molecule has 0 aliphatic rings. The van der Waals surface area contributed by atoms with Gasteiger partial charge in [0, 0.05) is 13.1 Å². The van der Waals surface area contributed by atoms with Crippen molar-refractivity contribution in [1.29, 1.82) is 0 Å². The molecule has 0 atom stereocenters. The first kappa shape index (κ1) is 9.39. The van der Waals surface area contributed by atoms with Crippen molar-refractivity contribution < 1.29 is 5.21 Å². The molecule has 0 rings (SSSR count). The molecule has 0 saturated carbocycles. The Morgan fingerprint density at radius 2 is 2.50 bits per heavy atom. The molecular formula is C6H12N2OS. The normalized spacial score (nSPS) is 8.60. The molecule has 0 heterocycles. The number of hydrogen-bond acceptors (Lipinski definition) is 2. The van der Waals surface area contributed by atoms with E-state index >= 15 is 0 Å². The fraction of sp³-hybridized carbons (Fsp3) is 0.500. The molecule has 3 nitrogen and oxygen atoms in total. The highest BCUT2D eigenvalue weighted by atomic mass is 32.1. The zero-order valence-corrected chi connectivity index (χ0v) is 6.82. The van der Waals surface area contributed by atoms with Crippen molar-refractivity contribution in [1.82, 2.24) is 10.4 Å². The Labute approximate surface area is 66.3 Å². The summed E-state index contributed by atoms with van der Waals surface area (Å²) in [6.45, 7) is 6.92. The average Bonchev–Trinajstić information content (AvgIpc) is 1.99. The molecule has 0 aliphatic carbocycles. The molecule has 58 valence electrons. The summed E-state index contributed by atoms with van der Waals surface area (Å²) >= 11 is 4.76. The summed E-state index contributed by atoms with van der Waals surface area (Å²) in [6.07, 6.45) is 1.73. The fourth-order valence-electron chi connectivity index (χ4n) is 0.582. The molecule has 0 aromatic carbocycles. The Kier molecular flexibility index (Phi) is 4.88. The van der Waals surface area contributed by atoms with Crippen LogP contribution in [0.25, 0.3) is 0 Å². The Hall–Kier alpha value is -0.610. The Bertz CT molecular complexity index is 127. The second-order valence-electron chi connectivity index (χ2n) is 1.74. The highest BCUT2D eigenvalue weighted by Gasteiger charge is 2.01. The zero-order chi connectivity index (χ0) is 7.98. The summed E-state index contributed by atoms with van der Waals surface area (Å²) in [5.74, 6) is 0. The number of nitrogens with zero attached hydrogens (tertiary/aromatic N) is 1. The molecule has 0 fully saturated rings. The van der Waals surface area contributed by atoms with Gasteiger partial charge < -0.3 is 4.90 Å². The van der Waals surface area contributed by atoms with E-state index < -0.39 is 0 Å².